The molecule has 0 bridgehead atoms. The molecule has 2 aromatic rings. The van der Waals surface area contributed by atoms with Crippen LogP contribution in [0.4, 0.5) is 5.69 Å². The van der Waals surface area contributed by atoms with Gasteiger partial charge in [-0.2, -0.15) is 0 Å². The van der Waals surface area contributed by atoms with Crippen LogP contribution in [0.5, 0.6) is 5.75 Å². The van der Waals surface area contributed by atoms with Gasteiger partial charge in [-0.3, -0.25) is 14.5 Å². The number of methoxy groups -OCH3 is 2. The fourth-order valence-electron chi connectivity index (χ4n) is 2.81. The molecule has 3 rings (SSSR count). The number of amides is 1. The number of thiocarbonyl (C=S) groups is 1. The van der Waals surface area contributed by atoms with Crippen molar-refractivity contribution >= 4 is 68.5 Å². The topological polar surface area (TPSA) is 59.1 Å². The van der Waals surface area contributed by atoms with Crippen LogP contribution >= 0.6 is 39.7 Å². The second-order valence-corrected chi connectivity index (χ2v) is 7.69. The Morgan fingerprint density at radius 2 is 1.90 bits per heavy atom. The third kappa shape index (κ3) is 4.44. The molecular formula is C20H16BrClN2O4S. The van der Waals surface area contributed by atoms with E-state index >= 15 is 0 Å². The summed E-state index contributed by atoms with van der Waals surface area (Å²) >= 11 is 14.9. The van der Waals surface area contributed by atoms with Crippen LogP contribution in [0, 0.1) is 0 Å². The Bertz CT molecular complexity index is 1010. The first-order valence-corrected chi connectivity index (χ1v) is 9.97. The van der Waals surface area contributed by atoms with Crippen molar-refractivity contribution in [1.29, 1.82) is 0 Å². The number of anilines is 1. The molecule has 1 heterocycles. The van der Waals surface area contributed by atoms with Gasteiger partial charge in [-0.05, 0) is 60.8 Å². The van der Waals surface area contributed by atoms with Gasteiger partial charge in [0.15, 0.2) is 5.11 Å². The van der Waals surface area contributed by atoms with E-state index in [1.807, 2.05) is 12.1 Å². The third-order valence-electron chi connectivity index (χ3n) is 4.22. The average molecular weight is 496 g/mol. The van der Waals surface area contributed by atoms with E-state index < -0.39 is 5.97 Å². The Labute approximate surface area is 186 Å². The van der Waals surface area contributed by atoms with E-state index in [-0.39, 0.29) is 23.3 Å². The number of benzene rings is 2. The van der Waals surface area contributed by atoms with Crippen LogP contribution in [0.3, 0.4) is 0 Å². The molecule has 0 radical (unpaired) electrons. The van der Waals surface area contributed by atoms with Gasteiger partial charge in [0.2, 0.25) is 0 Å². The SMILES string of the molecule is COC(=O)CN1C(=S)N(c2ccc(Cl)cc2)C(=O)C1=Cc1cc(Br)ccc1OC. The molecule has 9 heteroatoms. The van der Waals surface area contributed by atoms with Crippen molar-refractivity contribution in [1.82, 2.24) is 4.90 Å². The molecule has 29 heavy (non-hydrogen) atoms. The lowest BCUT2D eigenvalue weighted by Gasteiger charge is -2.19. The zero-order valence-corrected chi connectivity index (χ0v) is 18.7. The molecule has 2 aromatic carbocycles. The Morgan fingerprint density at radius 3 is 2.52 bits per heavy atom. The van der Waals surface area contributed by atoms with E-state index in [1.165, 1.54) is 16.9 Å². The van der Waals surface area contributed by atoms with Gasteiger partial charge in [0.05, 0.1) is 19.9 Å². The number of hydrogen-bond acceptors (Lipinski definition) is 5. The maximum Gasteiger partial charge on any atom is 0.325 e. The summed E-state index contributed by atoms with van der Waals surface area (Å²) in [7, 11) is 2.82. The lowest BCUT2D eigenvalue weighted by Crippen LogP contribution is -2.35. The van der Waals surface area contributed by atoms with Gasteiger partial charge in [-0.15, -0.1) is 0 Å². The van der Waals surface area contributed by atoms with Gasteiger partial charge in [-0.1, -0.05) is 27.5 Å². The minimum atomic E-state index is -0.523. The molecule has 0 aromatic heterocycles. The minimum absolute atomic E-state index is 0.169. The lowest BCUT2D eigenvalue weighted by molar-refractivity contribution is -0.140. The highest BCUT2D eigenvalue weighted by Crippen LogP contribution is 2.32. The first kappa shape index (κ1) is 21.3. The summed E-state index contributed by atoms with van der Waals surface area (Å²) in [6, 6.07) is 12.1. The average Bonchev–Trinajstić information content (AvgIpc) is 2.93. The molecule has 0 unspecified atom stereocenters. The van der Waals surface area contributed by atoms with Gasteiger partial charge in [0, 0.05) is 15.1 Å². The van der Waals surface area contributed by atoms with Gasteiger partial charge < -0.3 is 14.4 Å². The molecule has 0 aliphatic carbocycles. The number of carbonyl (C=O) groups excluding carboxylic acids is 2. The van der Waals surface area contributed by atoms with E-state index in [9.17, 15) is 9.59 Å². The highest BCUT2D eigenvalue weighted by atomic mass is 79.9. The van der Waals surface area contributed by atoms with Crippen molar-refractivity contribution in [3.63, 3.8) is 0 Å². The van der Waals surface area contributed by atoms with Crippen LogP contribution in [-0.4, -0.2) is 42.7 Å². The highest BCUT2D eigenvalue weighted by Gasteiger charge is 2.40. The molecular weight excluding hydrogens is 480 g/mol. The summed E-state index contributed by atoms with van der Waals surface area (Å²) < 4.78 is 11.0. The van der Waals surface area contributed by atoms with Crippen LogP contribution in [0.15, 0.2) is 52.6 Å². The van der Waals surface area contributed by atoms with Crippen LogP contribution in [0.2, 0.25) is 5.02 Å². The molecule has 0 spiro atoms. The lowest BCUT2D eigenvalue weighted by atomic mass is 10.1. The molecule has 150 valence electrons. The van der Waals surface area contributed by atoms with E-state index in [4.69, 9.17) is 33.3 Å². The number of rotatable bonds is 5. The van der Waals surface area contributed by atoms with Crippen molar-refractivity contribution in [3.8, 4) is 5.75 Å². The first-order valence-electron chi connectivity index (χ1n) is 8.39. The Morgan fingerprint density at radius 1 is 1.21 bits per heavy atom. The summed E-state index contributed by atoms with van der Waals surface area (Å²) in [5.41, 5.74) is 1.43. The van der Waals surface area contributed by atoms with Gasteiger partial charge in [-0.25, -0.2) is 0 Å². The number of carbonyl (C=O) groups is 2. The molecule has 0 saturated carbocycles. The summed E-state index contributed by atoms with van der Waals surface area (Å²) in [5.74, 6) is -0.323. The molecule has 0 atom stereocenters. The van der Waals surface area contributed by atoms with E-state index in [1.54, 1.807) is 43.5 Å². The van der Waals surface area contributed by atoms with E-state index in [2.05, 4.69) is 15.9 Å². The Hall–Kier alpha value is -2.42. The van der Waals surface area contributed by atoms with Crippen molar-refractivity contribution in [2.45, 2.75) is 0 Å². The maximum absolute atomic E-state index is 13.3. The van der Waals surface area contributed by atoms with Crippen LogP contribution < -0.4 is 9.64 Å². The maximum atomic E-state index is 13.3. The monoisotopic (exact) mass is 494 g/mol. The molecule has 1 amide bonds. The molecule has 1 aliphatic rings. The largest absolute Gasteiger partial charge is 0.496 e. The fraction of sp³-hybridized carbons (Fsp3) is 0.150. The van der Waals surface area contributed by atoms with Gasteiger partial charge in [0.25, 0.3) is 5.91 Å². The van der Waals surface area contributed by atoms with E-state index in [0.717, 1.165) is 4.47 Å². The molecule has 1 aliphatic heterocycles. The number of ether oxygens (including phenoxy) is 2. The first-order chi connectivity index (χ1) is 13.8. The van der Waals surface area contributed by atoms with Gasteiger partial charge in [0.1, 0.15) is 18.0 Å². The third-order valence-corrected chi connectivity index (χ3v) is 5.37. The number of hydrogen-bond donors (Lipinski definition) is 0. The predicted molar refractivity (Wildman–Crippen MR) is 119 cm³/mol. The summed E-state index contributed by atoms with van der Waals surface area (Å²) in [5, 5.41) is 0.704. The molecule has 1 fully saturated rings. The summed E-state index contributed by atoms with van der Waals surface area (Å²) in [6.07, 6.45) is 1.64. The molecule has 0 N–H and O–H groups in total. The van der Waals surface area contributed by atoms with Crippen LogP contribution in [0.1, 0.15) is 5.56 Å². The van der Waals surface area contributed by atoms with Crippen molar-refractivity contribution in [3.05, 3.63) is 63.2 Å². The van der Waals surface area contributed by atoms with E-state index in [0.29, 0.717) is 22.0 Å². The minimum Gasteiger partial charge on any atom is -0.496 e. The number of esters is 1. The second-order valence-electron chi connectivity index (χ2n) is 5.98. The Balaban J connectivity index is 2.10. The smallest absolute Gasteiger partial charge is 0.325 e. The second kappa shape index (κ2) is 8.94. The highest BCUT2D eigenvalue weighted by molar-refractivity contribution is 9.10. The van der Waals surface area contributed by atoms with Crippen LogP contribution in [-0.2, 0) is 14.3 Å². The fourth-order valence-corrected chi connectivity index (χ4v) is 3.67. The van der Waals surface area contributed by atoms with Crippen LogP contribution in [0.25, 0.3) is 6.08 Å². The molecule has 1 saturated heterocycles. The molecule has 6 nitrogen and oxygen atoms in total. The predicted octanol–water partition coefficient (Wildman–Crippen LogP) is 4.26. The zero-order valence-electron chi connectivity index (χ0n) is 15.5. The number of halogens is 2. The van der Waals surface area contributed by atoms with Crippen molar-refractivity contribution < 1.29 is 19.1 Å². The normalized spacial score (nSPS) is 15.2. The standard InChI is InChI=1S/C20H16BrClN2O4S/c1-27-17-8-3-13(21)9-12(17)10-16-19(26)24(15-6-4-14(22)5-7-15)20(29)23(16)11-18(25)28-2/h3-10H,11H2,1-2H3. The van der Waals surface area contributed by atoms with Gasteiger partial charge >= 0.3 is 5.97 Å². The zero-order chi connectivity index (χ0) is 21.1. The summed E-state index contributed by atoms with van der Waals surface area (Å²) in [6.45, 7) is -0.201. The van der Waals surface area contributed by atoms with Crippen molar-refractivity contribution in [2.75, 3.05) is 25.7 Å². The quantitative estimate of drug-likeness (QED) is 0.351. The number of nitrogens with zero attached hydrogens (tertiary/aromatic N) is 2. The summed E-state index contributed by atoms with van der Waals surface area (Å²) in [4.78, 5) is 28.0. The van der Waals surface area contributed by atoms with Crippen molar-refractivity contribution in [2.24, 2.45) is 0 Å². The Kier molecular flexibility index (Phi) is 6.56.